The number of hydrogen-bond acceptors (Lipinski definition) is 2. The van der Waals surface area contributed by atoms with Crippen LogP contribution in [-0.4, -0.2) is 25.4 Å². The van der Waals surface area contributed by atoms with Gasteiger partial charge in [0.15, 0.2) is 6.10 Å². The maximum absolute atomic E-state index is 12.1. The van der Waals surface area contributed by atoms with Crippen molar-refractivity contribution >= 4 is 5.69 Å². The third-order valence-corrected chi connectivity index (χ3v) is 2.04. The number of anilines is 1. The summed E-state index contributed by atoms with van der Waals surface area (Å²) in [4.78, 5) is 1.77. The summed E-state index contributed by atoms with van der Waals surface area (Å²) in [6.07, 6.45) is -7.02. The van der Waals surface area contributed by atoms with Gasteiger partial charge in [-0.15, -0.1) is 0 Å². The maximum atomic E-state index is 12.1. The highest BCUT2D eigenvalue weighted by Gasteiger charge is 2.39. The van der Waals surface area contributed by atoms with E-state index in [9.17, 15) is 13.2 Å². The van der Waals surface area contributed by atoms with Crippen molar-refractivity contribution in [3.05, 3.63) is 29.8 Å². The fraction of sp³-hybridized carbons (Fsp3) is 0.400. The van der Waals surface area contributed by atoms with Crippen molar-refractivity contribution in [1.29, 1.82) is 0 Å². The molecule has 0 saturated heterocycles. The monoisotopic (exact) mass is 219 g/mol. The molecule has 0 bridgehead atoms. The average molecular weight is 219 g/mol. The van der Waals surface area contributed by atoms with Gasteiger partial charge in [-0.25, -0.2) is 0 Å². The summed E-state index contributed by atoms with van der Waals surface area (Å²) >= 11 is 0. The quantitative estimate of drug-likeness (QED) is 0.825. The molecule has 0 heterocycles. The lowest BCUT2D eigenvalue weighted by atomic mass is 10.1. The molecule has 1 atom stereocenters. The second-order valence-electron chi connectivity index (χ2n) is 3.43. The van der Waals surface area contributed by atoms with Gasteiger partial charge >= 0.3 is 6.18 Å². The molecule has 1 rings (SSSR count). The van der Waals surface area contributed by atoms with Gasteiger partial charge in [0.05, 0.1) is 0 Å². The zero-order valence-corrected chi connectivity index (χ0v) is 8.42. The van der Waals surface area contributed by atoms with Crippen molar-refractivity contribution in [2.24, 2.45) is 0 Å². The van der Waals surface area contributed by atoms with Gasteiger partial charge < -0.3 is 10.0 Å². The van der Waals surface area contributed by atoms with Gasteiger partial charge in [-0.3, -0.25) is 0 Å². The molecule has 0 unspecified atom stereocenters. The Morgan fingerprint density at radius 2 is 1.60 bits per heavy atom. The number of halogens is 3. The van der Waals surface area contributed by atoms with Gasteiger partial charge in [-0.1, -0.05) is 12.1 Å². The zero-order valence-electron chi connectivity index (χ0n) is 8.42. The average Bonchev–Trinajstić information content (AvgIpc) is 2.15. The largest absolute Gasteiger partial charge is 0.418 e. The molecular weight excluding hydrogens is 207 g/mol. The molecule has 0 aliphatic heterocycles. The van der Waals surface area contributed by atoms with Crippen LogP contribution in [0, 0.1) is 0 Å². The van der Waals surface area contributed by atoms with Crippen LogP contribution in [0.2, 0.25) is 0 Å². The number of nitrogens with zero attached hydrogens (tertiary/aromatic N) is 1. The Bertz CT molecular complexity index is 318. The van der Waals surface area contributed by atoms with E-state index in [1.165, 1.54) is 24.3 Å². The predicted molar refractivity (Wildman–Crippen MR) is 51.8 cm³/mol. The molecule has 1 aromatic carbocycles. The summed E-state index contributed by atoms with van der Waals surface area (Å²) in [6, 6.07) is 5.61. The standard InChI is InChI=1S/C10H12F3NO/c1-14(2)8-5-3-7(4-6-8)9(15)10(11,12)13/h3-6,9,15H,1-2H3/t9-/m1/s1. The highest BCUT2D eigenvalue weighted by Crippen LogP contribution is 2.32. The van der Waals surface area contributed by atoms with Gasteiger partial charge in [0.1, 0.15) is 0 Å². The lowest BCUT2D eigenvalue weighted by Gasteiger charge is -2.17. The summed E-state index contributed by atoms with van der Waals surface area (Å²) in [5.74, 6) is 0. The molecule has 15 heavy (non-hydrogen) atoms. The number of rotatable bonds is 2. The van der Waals surface area contributed by atoms with Crippen molar-refractivity contribution in [2.75, 3.05) is 19.0 Å². The van der Waals surface area contributed by atoms with Crippen molar-refractivity contribution < 1.29 is 18.3 Å². The van der Waals surface area contributed by atoms with Gasteiger partial charge in [0.25, 0.3) is 0 Å². The second-order valence-corrected chi connectivity index (χ2v) is 3.43. The third-order valence-electron chi connectivity index (χ3n) is 2.04. The van der Waals surface area contributed by atoms with E-state index in [0.717, 1.165) is 5.69 Å². The Balaban J connectivity index is 2.89. The summed E-state index contributed by atoms with van der Waals surface area (Å²) in [5.41, 5.74) is 0.640. The van der Waals surface area contributed by atoms with E-state index < -0.39 is 12.3 Å². The lowest BCUT2D eigenvalue weighted by Crippen LogP contribution is -2.20. The van der Waals surface area contributed by atoms with Crippen LogP contribution in [-0.2, 0) is 0 Å². The van der Waals surface area contributed by atoms with Crippen molar-refractivity contribution in [3.8, 4) is 0 Å². The van der Waals surface area contributed by atoms with Gasteiger partial charge in [-0.05, 0) is 17.7 Å². The van der Waals surface area contributed by atoms with Crippen molar-refractivity contribution in [2.45, 2.75) is 12.3 Å². The molecule has 0 aromatic heterocycles. The summed E-state index contributed by atoms with van der Waals surface area (Å²) in [5, 5.41) is 8.95. The SMILES string of the molecule is CN(C)c1ccc([C@@H](O)C(F)(F)F)cc1. The van der Waals surface area contributed by atoms with E-state index in [4.69, 9.17) is 5.11 Å². The van der Waals surface area contributed by atoms with Crippen LogP contribution in [0.3, 0.4) is 0 Å². The van der Waals surface area contributed by atoms with Crippen LogP contribution in [0.5, 0.6) is 0 Å². The number of hydrogen-bond donors (Lipinski definition) is 1. The number of aliphatic hydroxyl groups excluding tert-OH is 1. The summed E-state index contributed by atoms with van der Waals surface area (Å²) in [7, 11) is 3.57. The molecule has 0 amide bonds. The van der Waals surface area contributed by atoms with Crippen molar-refractivity contribution in [1.82, 2.24) is 0 Å². The minimum absolute atomic E-state index is 0.145. The molecule has 1 aromatic rings. The molecule has 0 aliphatic rings. The van der Waals surface area contributed by atoms with E-state index >= 15 is 0 Å². The normalized spacial score (nSPS) is 13.7. The molecular formula is C10H12F3NO. The van der Waals surface area contributed by atoms with Gasteiger partial charge in [0, 0.05) is 19.8 Å². The predicted octanol–water partition coefficient (Wildman–Crippen LogP) is 2.35. The molecule has 1 N–H and O–H groups in total. The number of aliphatic hydroxyl groups is 1. The van der Waals surface area contributed by atoms with E-state index in [2.05, 4.69) is 0 Å². The van der Waals surface area contributed by atoms with Crippen LogP contribution in [0.15, 0.2) is 24.3 Å². The van der Waals surface area contributed by atoms with E-state index in [0.29, 0.717) is 0 Å². The fourth-order valence-electron chi connectivity index (χ4n) is 1.14. The Morgan fingerprint density at radius 3 is 1.93 bits per heavy atom. The maximum Gasteiger partial charge on any atom is 0.418 e. The molecule has 0 spiro atoms. The topological polar surface area (TPSA) is 23.5 Å². The van der Waals surface area contributed by atoms with Crippen LogP contribution in [0.4, 0.5) is 18.9 Å². The van der Waals surface area contributed by atoms with Crippen molar-refractivity contribution in [3.63, 3.8) is 0 Å². The fourth-order valence-corrected chi connectivity index (χ4v) is 1.14. The number of alkyl halides is 3. The van der Waals surface area contributed by atoms with E-state index in [1.54, 1.807) is 19.0 Å². The molecule has 0 fully saturated rings. The van der Waals surface area contributed by atoms with E-state index in [-0.39, 0.29) is 5.56 Å². The highest BCUT2D eigenvalue weighted by molar-refractivity contribution is 5.46. The lowest BCUT2D eigenvalue weighted by molar-refractivity contribution is -0.206. The molecule has 0 saturated carbocycles. The Morgan fingerprint density at radius 1 is 1.13 bits per heavy atom. The minimum atomic E-state index is -4.61. The second kappa shape index (κ2) is 4.10. The van der Waals surface area contributed by atoms with Crippen LogP contribution in [0.25, 0.3) is 0 Å². The third kappa shape index (κ3) is 2.86. The molecule has 5 heteroatoms. The van der Waals surface area contributed by atoms with E-state index in [1.807, 2.05) is 0 Å². The van der Waals surface area contributed by atoms with Gasteiger partial charge in [0.2, 0.25) is 0 Å². The molecule has 0 radical (unpaired) electrons. The summed E-state index contributed by atoms with van der Waals surface area (Å²) < 4.78 is 36.4. The van der Waals surface area contributed by atoms with Crippen LogP contribution in [0.1, 0.15) is 11.7 Å². The highest BCUT2D eigenvalue weighted by atomic mass is 19.4. The first kappa shape index (κ1) is 11.8. The van der Waals surface area contributed by atoms with Gasteiger partial charge in [-0.2, -0.15) is 13.2 Å². The molecule has 0 aliphatic carbocycles. The first-order valence-electron chi connectivity index (χ1n) is 4.34. The smallest absolute Gasteiger partial charge is 0.379 e. The Hall–Kier alpha value is -1.23. The number of benzene rings is 1. The first-order valence-corrected chi connectivity index (χ1v) is 4.34. The minimum Gasteiger partial charge on any atom is -0.379 e. The van der Waals surface area contributed by atoms with Crippen LogP contribution >= 0.6 is 0 Å². The zero-order chi connectivity index (χ0) is 11.6. The van der Waals surface area contributed by atoms with Crippen LogP contribution < -0.4 is 4.90 Å². The Labute approximate surface area is 85.9 Å². The molecule has 2 nitrogen and oxygen atoms in total. The molecule has 84 valence electrons. The summed E-state index contributed by atoms with van der Waals surface area (Å²) in [6.45, 7) is 0. The Kier molecular flexibility index (Phi) is 3.24. The first-order chi connectivity index (χ1) is 6.82.